The predicted molar refractivity (Wildman–Crippen MR) is 135 cm³/mol. The number of carbonyl (C=O) groups excluding carboxylic acids is 1. The van der Waals surface area contributed by atoms with Gasteiger partial charge in [0.25, 0.3) is 5.91 Å². The largest absolute Gasteiger partial charge is 0.378 e. The maximum Gasteiger partial charge on any atom is 0.261 e. The van der Waals surface area contributed by atoms with Crippen molar-refractivity contribution in [3.05, 3.63) is 90.6 Å². The molecule has 0 spiro atoms. The van der Waals surface area contributed by atoms with E-state index in [1.807, 2.05) is 49.3 Å². The van der Waals surface area contributed by atoms with E-state index in [9.17, 15) is 13.2 Å². The Hall–Kier alpha value is -4.06. The summed E-state index contributed by atoms with van der Waals surface area (Å²) < 4.78 is 29.8. The number of amides is 1. The summed E-state index contributed by atoms with van der Waals surface area (Å²) in [5.74, 6) is -0.854. The number of aromatic nitrogens is 3. The van der Waals surface area contributed by atoms with E-state index < -0.39 is 22.0 Å². The lowest BCUT2D eigenvalue weighted by atomic mass is 10.1. The molecule has 0 bridgehead atoms. The first-order valence-electron chi connectivity index (χ1n) is 11.1. The second kappa shape index (κ2) is 10.7. The second-order valence-corrected chi connectivity index (χ2v) is 10.0. The fourth-order valence-corrected chi connectivity index (χ4v) is 4.80. The number of hydrogen-bond donors (Lipinski definition) is 3. The van der Waals surface area contributed by atoms with Crippen LogP contribution in [0.15, 0.2) is 90.0 Å². The molecule has 1 atom stereocenters. The average molecular weight is 507 g/mol. The maximum absolute atomic E-state index is 13.0. The molecule has 186 valence electrons. The lowest BCUT2D eigenvalue weighted by Crippen LogP contribution is -2.47. The third kappa shape index (κ3) is 5.77. The van der Waals surface area contributed by atoms with Gasteiger partial charge in [-0.2, -0.15) is 4.72 Å². The van der Waals surface area contributed by atoms with Crippen LogP contribution in [0.4, 0.5) is 5.69 Å². The number of hydrogen-bond acceptors (Lipinski definition) is 7. The zero-order valence-electron chi connectivity index (χ0n) is 19.7. The second-order valence-electron chi connectivity index (χ2n) is 8.32. The third-order valence-corrected chi connectivity index (χ3v) is 7.08. The molecule has 0 aliphatic rings. The van der Waals surface area contributed by atoms with Crippen LogP contribution in [0.25, 0.3) is 16.9 Å². The van der Waals surface area contributed by atoms with E-state index in [0.29, 0.717) is 11.4 Å². The van der Waals surface area contributed by atoms with Gasteiger partial charge < -0.3 is 4.90 Å². The number of sulfonamides is 1. The lowest BCUT2D eigenvalue weighted by Gasteiger charge is -2.17. The van der Waals surface area contributed by atoms with Gasteiger partial charge in [0.2, 0.25) is 10.0 Å². The lowest BCUT2D eigenvalue weighted by molar-refractivity contribution is -0.130. The van der Waals surface area contributed by atoms with Crippen LogP contribution in [0, 0.1) is 0 Å². The fraction of sp³-hybridized carbons (Fsp3) is 0.160. The molecule has 0 saturated carbocycles. The highest BCUT2D eigenvalue weighted by Gasteiger charge is 2.26. The summed E-state index contributed by atoms with van der Waals surface area (Å²) >= 11 is 0. The van der Waals surface area contributed by atoms with E-state index in [4.69, 9.17) is 5.21 Å². The summed E-state index contributed by atoms with van der Waals surface area (Å²) in [6.45, 7) is 0. The SMILES string of the molecule is CN(C)c1ccc(-c2cn(-c3ccc(S(=O)(=O)NC(Cc4ccccc4)C(=O)NO)cc3)nn2)cc1. The molecular formula is C25H26N6O4S. The molecule has 0 saturated heterocycles. The van der Waals surface area contributed by atoms with Crippen molar-refractivity contribution >= 4 is 21.6 Å². The van der Waals surface area contributed by atoms with E-state index in [2.05, 4.69) is 15.0 Å². The van der Waals surface area contributed by atoms with Gasteiger partial charge >= 0.3 is 0 Å². The highest BCUT2D eigenvalue weighted by Crippen LogP contribution is 2.22. The van der Waals surface area contributed by atoms with Crippen LogP contribution in [0.3, 0.4) is 0 Å². The molecule has 4 aromatic rings. The monoisotopic (exact) mass is 506 g/mol. The summed E-state index contributed by atoms with van der Waals surface area (Å²) in [6, 6.07) is 21.6. The third-order valence-electron chi connectivity index (χ3n) is 5.59. The molecule has 10 nitrogen and oxygen atoms in total. The van der Waals surface area contributed by atoms with Gasteiger partial charge in [0, 0.05) is 25.3 Å². The number of benzene rings is 3. The Bertz CT molecular complexity index is 1420. The minimum atomic E-state index is -4.05. The Morgan fingerprint density at radius 3 is 2.28 bits per heavy atom. The van der Waals surface area contributed by atoms with Crippen LogP contribution >= 0.6 is 0 Å². The van der Waals surface area contributed by atoms with Crippen molar-refractivity contribution in [2.75, 3.05) is 19.0 Å². The van der Waals surface area contributed by atoms with E-state index in [0.717, 1.165) is 16.8 Å². The van der Waals surface area contributed by atoms with Gasteiger partial charge in [0.15, 0.2) is 0 Å². The summed E-state index contributed by atoms with van der Waals surface area (Å²) in [7, 11) is -0.118. The summed E-state index contributed by atoms with van der Waals surface area (Å²) in [5, 5.41) is 17.5. The van der Waals surface area contributed by atoms with Gasteiger partial charge in [-0.1, -0.05) is 47.7 Å². The van der Waals surface area contributed by atoms with Gasteiger partial charge in [0.1, 0.15) is 11.7 Å². The summed E-state index contributed by atoms with van der Waals surface area (Å²) in [6.07, 6.45) is 1.83. The molecule has 0 radical (unpaired) electrons. The van der Waals surface area contributed by atoms with E-state index in [1.54, 1.807) is 47.3 Å². The molecule has 36 heavy (non-hydrogen) atoms. The number of carbonyl (C=O) groups is 1. The molecule has 1 unspecified atom stereocenters. The first kappa shape index (κ1) is 25.0. The quantitative estimate of drug-likeness (QED) is 0.235. The molecular weight excluding hydrogens is 480 g/mol. The minimum Gasteiger partial charge on any atom is -0.378 e. The smallest absolute Gasteiger partial charge is 0.261 e. The van der Waals surface area contributed by atoms with E-state index in [-0.39, 0.29) is 11.3 Å². The Morgan fingerprint density at radius 1 is 1.00 bits per heavy atom. The van der Waals surface area contributed by atoms with Crippen LogP contribution in [0.1, 0.15) is 5.56 Å². The van der Waals surface area contributed by atoms with Crippen molar-refractivity contribution in [2.24, 2.45) is 0 Å². The number of nitrogens with one attached hydrogen (secondary N) is 2. The number of hydroxylamine groups is 1. The standard InChI is InChI=1S/C25H26N6O4S/c1-30(2)20-10-8-19(9-11-20)24-17-31(29-26-24)21-12-14-22(15-13-21)36(34,35)28-23(25(32)27-33)16-18-6-4-3-5-7-18/h3-15,17,23,28,33H,16H2,1-2H3,(H,27,32). The van der Waals surface area contributed by atoms with Gasteiger partial charge in [0.05, 0.1) is 16.8 Å². The fourth-order valence-electron chi connectivity index (χ4n) is 3.60. The van der Waals surface area contributed by atoms with Crippen molar-refractivity contribution in [2.45, 2.75) is 17.4 Å². The van der Waals surface area contributed by atoms with Crippen molar-refractivity contribution < 1.29 is 18.4 Å². The molecule has 1 amide bonds. The maximum atomic E-state index is 13.0. The van der Waals surface area contributed by atoms with Gasteiger partial charge in [-0.05, 0) is 48.4 Å². The average Bonchev–Trinajstić information content (AvgIpc) is 3.39. The van der Waals surface area contributed by atoms with Gasteiger partial charge in [-0.15, -0.1) is 5.10 Å². The normalized spacial score (nSPS) is 12.2. The van der Waals surface area contributed by atoms with Crippen LogP contribution in [0.2, 0.25) is 0 Å². The molecule has 1 aromatic heterocycles. The Kier molecular flexibility index (Phi) is 7.44. The molecule has 0 aliphatic heterocycles. The molecule has 0 fully saturated rings. The van der Waals surface area contributed by atoms with Crippen LogP contribution in [0.5, 0.6) is 0 Å². The Morgan fingerprint density at radius 2 is 1.67 bits per heavy atom. The molecule has 11 heteroatoms. The van der Waals surface area contributed by atoms with Crippen molar-refractivity contribution in [1.82, 2.24) is 25.2 Å². The first-order chi connectivity index (χ1) is 17.3. The van der Waals surface area contributed by atoms with Gasteiger partial charge in [-0.25, -0.2) is 18.6 Å². The van der Waals surface area contributed by atoms with Crippen LogP contribution < -0.4 is 15.1 Å². The highest BCUT2D eigenvalue weighted by atomic mass is 32.2. The predicted octanol–water partition coefficient (Wildman–Crippen LogP) is 2.40. The summed E-state index contributed by atoms with van der Waals surface area (Å²) in [4.78, 5) is 14.1. The first-order valence-corrected chi connectivity index (χ1v) is 12.6. The van der Waals surface area contributed by atoms with Crippen LogP contribution in [-0.4, -0.2) is 54.7 Å². The molecule has 1 heterocycles. The zero-order chi connectivity index (χ0) is 25.7. The van der Waals surface area contributed by atoms with Crippen molar-refractivity contribution in [3.63, 3.8) is 0 Å². The highest BCUT2D eigenvalue weighted by molar-refractivity contribution is 7.89. The molecule has 3 aromatic carbocycles. The molecule has 3 N–H and O–H groups in total. The number of nitrogens with zero attached hydrogens (tertiary/aromatic N) is 4. The topological polar surface area (TPSA) is 129 Å². The van der Waals surface area contributed by atoms with Gasteiger partial charge in [-0.3, -0.25) is 10.0 Å². The Balaban J connectivity index is 1.50. The van der Waals surface area contributed by atoms with Crippen LogP contribution in [-0.2, 0) is 21.2 Å². The van der Waals surface area contributed by atoms with Crippen molar-refractivity contribution in [3.8, 4) is 16.9 Å². The Labute approximate surface area is 209 Å². The van der Waals surface area contributed by atoms with Crippen molar-refractivity contribution in [1.29, 1.82) is 0 Å². The number of anilines is 1. The van der Waals surface area contributed by atoms with E-state index in [1.165, 1.54) is 17.6 Å². The number of rotatable bonds is 9. The zero-order valence-corrected chi connectivity index (χ0v) is 20.6. The minimum absolute atomic E-state index is 0.0327. The summed E-state index contributed by atoms with van der Waals surface area (Å²) in [5.41, 5.74) is 5.53. The van der Waals surface area contributed by atoms with E-state index >= 15 is 0 Å². The molecule has 0 aliphatic carbocycles. The molecule has 4 rings (SSSR count).